The van der Waals surface area contributed by atoms with Crippen LogP contribution in [0.3, 0.4) is 0 Å². The lowest BCUT2D eigenvalue weighted by molar-refractivity contribution is -0.117. The average Bonchev–Trinajstić information content (AvgIpc) is 3.17. The lowest BCUT2D eigenvalue weighted by atomic mass is 9.96. The molecule has 6 nitrogen and oxygen atoms in total. The van der Waals surface area contributed by atoms with Gasteiger partial charge >= 0.3 is 0 Å². The van der Waals surface area contributed by atoms with Gasteiger partial charge in [-0.2, -0.15) is 5.21 Å². The second-order valence-electron chi connectivity index (χ2n) is 6.49. The van der Waals surface area contributed by atoms with Crippen molar-refractivity contribution in [2.45, 2.75) is 39.5 Å². The third-order valence-corrected chi connectivity index (χ3v) is 4.64. The Morgan fingerprint density at radius 1 is 1.08 bits per heavy atom. The SMILES string of the molecule is CCc1ccc(C[C@@H](C(=O)Nc2ccc(C)c(C)c2)c2nn[nH]n2)cc1. The van der Waals surface area contributed by atoms with Crippen LogP contribution in [0.2, 0.25) is 0 Å². The van der Waals surface area contributed by atoms with Gasteiger partial charge in [0.25, 0.3) is 0 Å². The molecule has 3 rings (SSSR count). The number of tetrazole rings is 1. The van der Waals surface area contributed by atoms with Gasteiger partial charge in [-0.15, -0.1) is 10.2 Å². The molecule has 0 saturated carbocycles. The first-order valence-electron chi connectivity index (χ1n) is 8.76. The Kier molecular flexibility index (Phi) is 5.41. The molecule has 0 saturated heterocycles. The Morgan fingerprint density at radius 3 is 2.42 bits per heavy atom. The molecule has 6 heteroatoms. The van der Waals surface area contributed by atoms with Crippen LogP contribution in [0, 0.1) is 13.8 Å². The van der Waals surface area contributed by atoms with E-state index >= 15 is 0 Å². The predicted molar refractivity (Wildman–Crippen MR) is 101 cm³/mol. The molecule has 2 aromatic carbocycles. The molecule has 0 unspecified atom stereocenters. The number of rotatable bonds is 6. The zero-order valence-electron chi connectivity index (χ0n) is 15.3. The minimum atomic E-state index is -0.511. The van der Waals surface area contributed by atoms with Gasteiger partial charge in [-0.3, -0.25) is 4.79 Å². The first kappa shape index (κ1) is 17.8. The quantitative estimate of drug-likeness (QED) is 0.715. The van der Waals surface area contributed by atoms with Crippen molar-refractivity contribution in [2.75, 3.05) is 5.32 Å². The molecule has 0 spiro atoms. The Morgan fingerprint density at radius 2 is 1.81 bits per heavy atom. The Balaban J connectivity index is 1.81. The van der Waals surface area contributed by atoms with Crippen LogP contribution < -0.4 is 5.32 Å². The summed E-state index contributed by atoms with van der Waals surface area (Å²) in [5.41, 5.74) is 5.42. The summed E-state index contributed by atoms with van der Waals surface area (Å²) >= 11 is 0. The van der Waals surface area contributed by atoms with Gasteiger partial charge in [0.15, 0.2) is 5.82 Å². The number of hydrogen-bond donors (Lipinski definition) is 2. The largest absolute Gasteiger partial charge is 0.325 e. The van der Waals surface area contributed by atoms with E-state index in [0.717, 1.165) is 23.2 Å². The summed E-state index contributed by atoms with van der Waals surface area (Å²) in [7, 11) is 0. The number of aryl methyl sites for hydroxylation is 3. The Hall–Kier alpha value is -3.02. The van der Waals surface area contributed by atoms with Gasteiger partial charge in [0.2, 0.25) is 5.91 Å². The number of benzene rings is 2. The van der Waals surface area contributed by atoms with Crippen LogP contribution in [0.4, 0.5) is 5.69 Å². The maximum atomic E-state index is 12.9. The number of nitrogens with one attached hydrogen (secondary N) is 2. The molecule has 1 atom stereocenters. The fourth-order valence-corrected chi connectivity index (χ4v) is 2.81. The van der Waals surface area contributed by atoms with E-state index in [2.05, 4.69) is 57.1 Å². The minimum Gasteiger partial charge on any atom is -0.325 e. The van der Waals surface area contributed by atoms with Crippen molar-refractivity contribution in [1.82, 2.24) is 20.6 Å². The minimum absolute atomic E-state index is 0.144. The maximum absolute atomic E-state index is 12.9. The molecule has 0 bridgehead atoms. The topological polar surface area (TPSA) is 83.6 Å². The van der Waals surface area contributed by atoms with Gasteiger partial charge in [-0.1, -0.05) is 42.5 Å². The molecule has 134 valence electrons. The standard InChI is InChI=1S/C20H23N5O/c1-4-15-6-8-16(9-7-15)12-18(19-22-24-25-23-19)20(26)21-17-10-5-13(2)14(3)11-17/h5-11,18H,4,12H2,1-3H3,(H,21,26)(H,22,23,24,25)/t18-/m1/s1. The molecular formula is C20H23N5O. The number of anilines is 1. The van der Waals surface area contributed by atoms with Gasteiger partial charge in [0.05, 0.1) is 0 Å². The monoisotopic (exact) mass is 349 g/mol. The van der Waals surface area contributed by atoms with Crippen molar-refractivity contribution in [3.63, 3.8) is 0 Å². The summed E-state index contributed by atoms with van der Waals surface area (Å²) < 4.78 is 0. The van der Waals surface area contributed by atoms with Crippen LogP contribution in [-0.2, 0) is 17.6 Å². The number of hydrogen-bond acceptors (Lipinski definition) is 4. The van der Waals surface area contributed by atoms with Crippen LogP contribution in [0.25, 0.3) is 0 Å². The van der Waals surface area contributed by atoms with Gasteiger partial charge in [-0.25, -0.2) is 0 Å². The smallest absolute Gasteiger partial charge is 0.235 e. The number of aromatic amines is 1. The second kappa shape index (κ2) is 7.91. The summed E-state index contributed by atoms with van der Waals surface area (Å²) in [5.74, 6) is -0.261. The highest BCUT2D eigenvalue weighted by Gasteiger charge is 2.25. The van der Waals surface area contributed by atoms with E-state index < -0.39 is 5.92 Å². The summed E-state index contributed by atoms with van der Waals surface area (Å²) in [6.07, 6.45) is 1.50. The van der Waals surface area contributed by atoms with Crippen molar-refractivity contribution in [3.05, 3.63) is 70.5 Å². The fourth-order valence-electron chi connectivity index (χ4n) is 2.81. The van der Waals surface area contributed by atoms with Crippen LogP contribution in [0.15, 0.2) is 42.5 Å². The first-order chi connectivity index (χ1) is 12.6. The number of carbonyl (C=O) groups excluding carboxylic acids is 1. The van der Waals surface area contributed by atoms with Crippen LogP contribution in [0.5, 0.6) is 0 Å². The highest BCUT2D eigenvalue weighted by atomic mass is 16.1. The lowest BCUT2D eigenvalue weighted by Gasteiger charge is -2.15. The molecule has 26 heavy (non-hydrogen) atoms. The van der Waals surface area contributed by atoms with E-state index in [0.29, 0.717) is 12.2 Å². The Bertz CT molecular complexity index is 872. The molecule has 0 radical (unpaired) electrons. The molecule has 3 aromatic rings. The molecule has 1 heterocycles. The van der Waals surface area contributed by atoms with Crippen molar-refractivity contribution in [2.24, 2.45) is 0 Å². The number of H-pyrrole nitrogens is 1. The van der Waals surface area contributed by atoms with Crippen molar-refractivity contribution >= 4 is 11.6 Å². The zero-order chi connectivity index (χ0) is 18.5. The lowest BCUT2D eigenvalue weighted by Crippen LogP contribution is -2.24. The first-order valence-corrected chi connectivity index (χ1v) is 8.76. The molecule has 0 aliphatic carbocycles. The molecule has 0 fully saturated rings. The van der Waals surface area contributed by atoms with E-state index in [1.165, 1.54) is 11.1 Å². The van der Waals surface area contributed by atoms with Crippen LogP contribution in [-0.4, -0.2) is 26.5 Å². The van der Waals surface area contributed by atoms with Gasteiger partial charge < -0.3 is 5.32 Å². The molecule has 1 aromatic heterocycles. The molecule has 0 aliphatic heterocycles. The van der Waals surface area contributed by atoms with E-state index in [1.54, 1.807) is 0 Å². The Labute approximate surface area is 153 Å². The molecular weight excluding hydrogens is 326 g/mol. The van der Waals surface area contributed by atoms with Gasteiger partial charge in [0.1, 0.15) is 5.92 Å². The van der Waals surface area contributed by atoms with E-state index in [1.807, 2.05) is 32.0 Å². The van der Waals surface area contributed by atoms with Crippen molar-refractivity contribution < 1.29 is 4.79 Å². The fraction of sp³-hybridized carbons (Fsp3) is 0.300. The average molecular weight is 349 g/mol. The summed E-state index contributed by atoms with van der Waals surface area (Å²) in [4.78, 5) is 12.9. The number of amides is 1. The predicted octanol–water partition coefficient (Wildman–Crippen LogP) is 3.34. The summed E-state index contributed by atoms with van der Waals surface area (Å²) in [5, 5.41) is 17.1. The highest BCUT2D eigenvalue weighted by Crippen LogP contribution is 2.21. The molecule has 2 N–H and O–H groups in total. The van der Waals surface area contributed by atoms with Gasteiger partial charge in [0, 0.05) is 5.69 Å². The molecule has 1 amide bonds. The van der Waals surface area contributed by atoms with E-state index in [4.69, 9.17) is 0 Å². The zero-order valence-corrected chi connectivity index (χ0v) is 15.3. The van der Waals surface area contributed by atoms with Crippen LogP contribution in [0.1, 0.15) is 40.9 Å². The van der Waals surface area contributed by atoms with Gasteiger partial charge in [-0.05, 0) is 61.1 Å². The highest BCUT2D eigenvalue weighted by molar-refractivity contribution is 5.95. The van der Waals surface area contributed by atoms with E-state index in [9.17, 15) is 4.79 Å². The number of aromatic nitrogens is 4. The molecule has 0 aliphatic rings. The number of nitrogens with zero attached hydrogens (tertiary/aromatic N) is 3. The number of carbonyl (C=O) groups is 1. The third-order valence-electron chi connectivity index (χ3n) is 4.64. The van der Waals surface area contributed by atoms with E-state index in [-0.39, 0.29) is 5.91 Å². The summed E-state index contributed by atoms with van der Waals surface area (Å²) in [6.45, 7) is 6.19. The third kappa shape index (κ3) is 4.14. The normalized spacial score (nSPS) is 12.0. The summed E-state index contributed by atoms with van der Waals surface area (Å²) in [6, 6.07) is 14.1. The maximum Gasteiger partial charge on any atom is 0.235 e. The van der Waals surface area contributed by atoms with Crippen molar-refractivity contribution in [3.8, 4) is 0 Å². The second-order valence-corrected chi connectivity index (χ2v) is 6.49. The van der Waals surface area contributed by atoms with Crippen molar-refractivity contribution in [1.29, 1.82) is 0 Å². The van der Waals surface area contributed by atoms with Crippen LogP contribution >= 0.6 is 0 Å².